The van der Waals surface area contributed by atoms with Crippen molar-refractivity contribution < 1.29 is 4.79 Å². The summed E-state index contributed by atoms with van der Waals surface area (Å²) in [4.78, 5) is 12.0. The molecule has 2 rings (SSSR count). The monoisotopic (exact) mass is 277 g/mol. The molecule has 0 fully saturated rings. The van der Waals surface area contributed by atoms with Crippen molar-refractivity contribution >= 4 is 17.8 Å². The predicted octanol–water partition coefficient (Wildman–Crippen LogP) is 1.84. The molecule has 6 heteroatoms. The lowest BCUT2D eigenvalue weighted by Crippen LogP contribution is -2.14. The van der Waals surface area contributed by atoms with Gasteiger partial charge in [-0.05, 0) is 23.8 Å². The number of nitrogens with zero attached hydrogens (tertiary/aromatic N) is 4. The molecular formula is C15H11N5O. The lowest BCUT2D eigenvalue weighted by Gasteiger charge is -2.00. The predicted molar refractivity (Wildman–Crippen MR) is 76.6 cm³/mol. The lowest BCUT2D eigenvalue weighted by atomic mass is 10.1. The number of amides is 1. The first-order valence-electron chi connectivity index (χ1n) is 6.05. The van der Waals surface area contributed by atoms with Crippen LogP contribution in [0.5, 0.6) is 0 Å². The van der Waals surface area contributed by atoms with Gasteiger partial charge in [0.1, 0.15) is 11.6 Å². The molecule has 21 heavy (non-hydrogen) atoms. The summed E-state index contributed by atoms with van der Waals surface area (Å²) in [5.74, 6) is -0.149. The number of nitrogens with one attached hydrogen (secondary N) is 1. The number of hydrogen-bond acceptors (Lipinski definition) is 4. The number of anilines is 1. The molecule has 0 aliphatic carbocycles. The first-order chi connectivity index (χ1) is 10.1. The van der Waals surface area contributed by atoms with Crippen LogP contribution >= 0.6 is 0 Å². The zero-order valence-corrected chi connectivity index (χ0v) is 11.2. The van der Waals surface area contributed by atoms with Gasteiger partial charge in [0.15, 0.2) is 5.82 Å². The molecule has 0 radical (unpaired) electrons. The standard InChI is InChI=1S/C15H11N5O/c1-20-7-6-14(19-20)18-15(21)13(10-17)8-11-2-4-12(9-16)5-3-11/h2-8H,1H3,(H,18,19,21)/b13-8-. The maximum absolute atomic E-state index is 12.0. The van der Waals surface area contributed by atoms with Crippen molar-refractivity contribution in [1.29, 1.82) is 10.5 Å². The average molecular weight is 277 g/mol. The highest BCUT2D eigenvalue weighted by Gasteiger charge is 2.10. The molecule has 1 N–H and O–H groups in total. The van der Waals surface area contributed by atoms with Crippen LogP contribution < -0.4 is 5.32 Å². The topological polar surface area (TPSA) is 94.5 Å². The fourth-order valence-corrected chi connectivity index (χ4v) is 1.63. The van der Waals surface area contributed by atoms with E-state index in [4.69, 9.17) is 10.5 Å². The number of aromatic nitrogens is 2. The van der Waals surface area contributed by atoms with Gasteiger partial charge in [-0.25, -0.2) is 0 Å². The normalized spacial score (nSPS) is 10.5. The van der Waals surface area contributed by atoms with Crippen molar-refractivity contribution in [3.05, 3.63) is 53.2 Å². The highest BCUT2D eigenvalue weighted by Crippen LogP contribution is 2.10. The Hall–Kier alpha value is -3.38. The van der Waals surface area contributed by atoms with Crippen LogP contribution in [0.25, 0.3) is 6.08 Å². The summed E-state index contributed by atoms with van der Waals surface area (Å²) in [5.41, 5.74) is 1.15. The van der Waals surface area contributed by atoms with Gasteiger partial charge in [-0.15, -0.1) is 0 Å². The van der Waals surface area contributed by atoms with Gasteiger partial charge in [0.05, 0.1) is 11.6 Å². The molecular weight excluding hydrogens is 266 g/mol. The van der Waals surface area contributed by atoms with Crippen LogP contribution in [0.1, 0.15) is 11.1 Å². The molecule has 0 spiro atoms. The van der Waals surface area contributed by atoms with E-state index in [1.54, 1.807) is 48.3 Å². The Labute approximate surface area is 121 Å². The zero-order chi connectivity index (χ0) is 15.2. The van der Waals surface area contributed by atoms with Crippen LogP contribution in [-0.4, -0.2) is 15.7 Å². The third kappa shape index (κ3) is 3.55. The fraction of sp³-hybridized carbons (Fsp3) is 0.0667. The summed E-state index contributed by atoms with van der Waals surface area (Å²) in [6.45, 7) is 0. The van der Waals surface area contributed by atoms with Crippen LogP contribution in [0, 0.1) is 22.7 Å². The third-order valence-electron chi connectivity index (χ3n) is 2.67. The molecule has 1 aromatic heterocycles. The minimum absolute atomic E-state index is 0.0367. The van der Waals surface area contributed by atoms with Crippen molar-refractivity contribution in [3.8, 4) is 12.1 Å². The van der Waals surface area contributed by atoms with Crippen LogP contribution in [0.2, 0.25) is 0 Å². The zero-order valence-electron chi connectivity index (χ0n) is 11.2. The van der Waals surface area contributed by atoms with Gasteiger partial charge < -0.3 is 5.32 Å². The van der Waals surface area contributed by atoms with Crippen LogP contribution in [0.15, 0.2) is 42.1 Å². The van der Waals surface area contributed by atoms with Gasteiger partial charge >= 0.3 is 0 Å². The van der Waals surface area contributed by atoms with E-state index in [0.717, 1.165) is 0 Å². The smallest absolute Gasteiger partial charge is 0.267 e. The number of carbonyl (C=O) groups excluding carboxylic acids is 1. The van der Waals surface area contributed by atoms with Gasteiger partial charge in [-0.3, -0.25) is 9.48 Å². The molecule has 1 heterocycles. The second kappa shape index (κ2) is 6.18. The summed E-state index contributed by atoms with van der Waals surface area (Å²) < 4.78 is 1.55. The Bertz CT molecular complexity index is 772. The average Bonchev–Trinajstić information content (AvgIpc) is 2.90. The first-order valence-corrected chi connectivity index (χ1v) is 6.05. The molecule has 0 unspecified atom stereocenters. The van der Waals surface area contributed by atoms with Gasteiger partial charge in [-0.1, -0.05) is 12.1 Å². The highest BCUT2D eigenvalue weighted by atomic mass is 16.1. The number of nitriles is 2. The molecule has 0 saturated heterocycles. The second-order valence-electron chi connectivity index (χ2n) is 4.23. The molecule has 0 aliphatic heterocycles. The lowest BCUT2D eigenvalue weighted by molar-refractivity contribution is -0.112. The van der Waals surface area contributed by atoms with E-state index < -0.39 is 5.91 Å². The first kappa shape index (κ1) is 14.0. The van der Waals surface area contributed by atoms with Crippen molar-refractivity contribution in [1.82, 2.24) is 9.78 Å². The van der Waals surface area contributed by atoms with E-state index in [0.29, 0.717) is 16.9 Å². The van der Waals surface area contributed by atoms with E-state index >= 15 is 0 Å². The Morgan fingerprint density at radius 3 is 2.52 bits per heavy atom. The SMILES string of the molecule is Cn1ccc(NC(=O)/C(C#N)=C\c2ccc(C#N)cc2)n1. The van der Waals surface area contributed by atoms with Crippen molar-refractivity contribution in [2.45, 2.75) is 0 Å². The van der Waals surface area contributed by atoms with E-state index in [1.807, 2.05) is 12.1 Å². The second-order valence-corrected chi connectivity index (χ2v) is 4.23. The van der Waals surface area contributed by atoms with Crippen LogP contribution in [0.4, 0.5) is 5.82 Å². The summed E-state index contributed by atoms with van der Waals surface area (Å²) in [6, 6.07) is 12.1. The van der Waals surface area contributed by atoms with E-state index in [1.165, 1.54) is 6.08 Å². The minimum Gasteiger partial charge on any atom is -0.304 e. The van der Waals surface area contributed by atoms with Gasteiger partial charge in [0, 0.05) is 19.3 Å². The number of aryl methyl sites for hydroxylation is 1. The molecule has 0 saturated carbocycles. The van der Waals surface area contributed by atoms with E-state index in [2.05, 4.69) is 10.4 Å². The summed E-state index contributed by atoms with van der Waals surface area (Å²) >= 11 is 0. The van der Waals surface area contributed by atoms with Crippen molar-refractivity contribution in [2.24, 2.45) is 7.05 Å². The Morgan fingerprint density at radius 1 is 1.29 bits per heavy atom. The summed E-state index contributed by atoms with van der Waals surface area (Å²) in [7, 11) is 1.73. The number of benzene rings is 1. The van der Waals surface area contributed by atoms with Gasteiger partial charge in [-0.2, -0.15) is 15.6 Å². The molecule has 0 bridgehead atoms. The minimum atomic E-state index is -0.527. The van der Waals surface area contributed by atoms with Crippen molar-refractivity contribution in [2.75, 3.05) is 5.32 Å². The Balaban J connectivity index is 2.18. The molecule has 1 aromatic carbocycles. The molecule has 0 aliphatic rings. The van der Waals surface area contributed by atoms with E-state index in [-0.39, 0.29) is 5.57 Å². The largest absolute Gasteiger partial charge is 0.304 e. The fourth-order valence-electron chi connectivity index (χ4n) is 1.63. The van der Waals surface area contributed by atoms with Crippen LogP contribution in [-0.2, 0) is 11.8 Å². The Morgan fingerprint density at radius 2 is 2.00 bits per heavy atom. The van der Waals surface area contributed by atoms with Gasteiger partial charge in [0.2, 0.25) is 0 Å². The van der Waals surface area contributed by atoms with Gasteiger partial charge in [0.25, 0.3) is 5.91 Å². The quantitative estimate of drug-likeness (QED) is 0.684. The summed E-state index contributed by atoms with van der Waals surface area (Å²) in [5, 5.41) is 24.4. The molecule has 2 aromatic rings. The summed E-state index contributed by atoms with van der Waals surface area (Å²) in [6.07, 6.45) is 3.14. The number of carbonyl (C=O) groups is 1. The number of rotatable bonds is 3. The van der Waals surface area contributed by atoms with Crippen LogP contribution in [0.3, 0.4) is 0 Å². The maximum Gasteiger partial charge on any atom is 0.267 e. The molecule has 0 atom stereocenters. The third-order valence-corrected chi connectivity index (χ3v) is 2.67. The van der Waals surface area contributed by atoms with Crippen molar-refractivity contribution in [3.63, 3.8) is 0 Å². The van der Waals surface area contributed by atoms with E-state index in [9.17, 15) is 4.79 Å². The highest BCUT2D eigenvalue weighted by molar-refractivity contribution is 6.09. The molecule has 102 valence electrons. The number of hydrogen-bond donors (Lipinski definition) is 1. The Kier molecular flexibility index (Phi) is 4.13. The molecule has 6 nitrogen and oxygen atoms in total. The molecule has 1 amide bonds. The maximum atomic E-state index is 12.0.